The fourth-order valence-electron chi connectivity index (χ4n) is 1.92. The summed E-state index contributed by atoms with van der Waals surface area (Å²) >= 11 is 3.40. The zero-order valence-electron chi connectivity index (χ0n) is 9.11. The number of carboxylic acid groups (broad SMARTS) is 1. The Morgan fingerprint density at radius 2 is 2.29 bits per heavy atom. The summed E-state index contributed by atoms with van der Waals surface area (Å²) in [5, 5.41) is 11.5. The lowest BCUT2D eigenvalue weighted by Gasteiger charge is -2.35. The number of aliphatic carboxylic acids is 1. The molecule has 1 atom stereocenters. The molecule has 5 nitrogen and oxygen atoms in total. The molecule has 2 rings (SSSR count). The Kier molecular flexibility index (Phi) is 3.06. The maximum atomic E-state index is 11.8. The zero-order chi connectivity index (χ0) is 12.6. The Labute approximate surface area is 107 Å². The predicted molar refractivity (Wildman–Crippen MR) is 67.2 cm³/mol. The van der Waals surface area contributed by atoms with Gasteiger partial charge in [-0.1, -0.05) is 6.07 Å². The topological polar surface area (TPSA) is 69.6 Å². The average Bonchev–Trinajstić information content (AvgIpc) is 2.23. The smallest absolute Gasteiger partial charge is 0.305 e. The number of nitrogens with zero attached hydrogens (tertiary/aromatic N) is 1. The molecule has 1 amide bonds. The molecule has 17 heavy (non-hydrogen) atoms. The number of likely N-dealkylation sites (N-methyl/N-ethyl adjacent to an activating group) is 1. The van der Waals surface area contributed by atoms with Crippen molar-refractivity contribution in [1.82, 2.24) is 0 Å². The normalized spacial score (nSPS) is 18.6. The number of amides is 1. The summed E-state index contributed by atoms with van der Waals surface area (Å²) in [7, 11) is 1.72. The maximum absolute atomic E-state index is 11.8. The van der Waals surface area contributed by atoms with Gasteiger partial charge >= 0.3 is 5.97 Å². The van der Waals surface area contributed by atoms with Gasteiger partial charge in [0.1, 0.15) is 6.04 Å². The molecule has 6 heteroatoms. The molecule has 0 aliphatic carbocycles. The van der Waals surface area contributed by atoms with Crippen molar-refractivity contribution < 1.29 is 14.7 Å². The van der Waals surface area contributed by atoms with Crippen molar-refractivity contribution in [3.8, 4) is 0 Å². The van der Waals surface area contributed by atoms with Gasteiger partial charge in [-0.15, -0.1) is 0 Å². The van der Waals surface area contributed by atoms with Gasteiger partial charge in [0.2, 0.25) is 5.91 Å². The van der Waals surface area contributed by atoms with E-state index in [1.807, 2.05) is 12.1 Å². The molecule has 1 aromatic rings. The van der Waals surface area contributed by atoms with Crippen LogP contribution in [-0.4, -0.2) is 30.1 Å². The molecule has 90 valence electrons. The van der Waals surface area contributed by atoms with Crippen LogP contribution in [0.5, 0.6) is 0 Å². The van der Waals surface area contributed by atoms with E-state index in [1.165, 1.54) is 0 Å². The molecular weight excluding hydrogens is 288 g/mol. The van der Waals surface area contributed by atoms with Crippen LogP contribution >= 0.6 is 15.9 Å². The van der Waals surface area contributed by atoms with Crippen molar-refractivity contribution >= 4 is 39.2 Å². The number of anilines is 2. The minimum atomic E-state index is -0.993. The number of hydrogen-bond acceptors (Lipinski definition) is 3. The largest absolute Gasteiger partial charge is 0.481 e. The number of benzene rings is 1. The third kappa shape index (κ3) is 2.12. The Morgan fingerprint density at radius 1 is 1.59 bits per heavy atom. The van der Waals surface area contributed by atoms with Gasteiger partial charge < -0.3 is 15.3 Å². The molecule has 0 bridgehead atoms. The van der Waals surface area contributed by atoms with Crippen molar-refractivity contribution in [2.45, 2.75) is 12.5 Å². The van der Waals surface area contributed by atoms with E-state index in [0.717, 1.165) is 10.2 Å². The van der Waals surface area contributed by atoms with Crippen LogP contribution in [0.15, 0.2) is 22.7 Å². The molecule has 1 unspecified atom stereocenters. The third-order valence-electron chi connectivity index (χ3n) is 2.74. The second-order valence-corrected chi connectivity index (χ2v) is 4.70. The van der Waals surface area contributed by atoms with Gasteiger partial charge in [0.05, 0.1) is 17.8 Å². The molecule has 0 radical (unpaired) electrons. The minimum absolute atomic E-state index is 0.219. The Balaban J connectivity index is 2.41. The number of carboxylic acids is 1. The lowest BCUT2D eigenvalue weighted by Crippen LogP contribution is -2.47. The first-order chi connectivity index (χ1) is 8.00. The summed E-state index contributed by atoms with van der Waals surface area (Å²) in [5.41, 5.74) is 1.49. The molecule has 0 aromatic heterocycles. The summed E-state index contributed by atoms with van der Waals surface area (Å²) in [5.74, 6) is -1.28. The average molecular weight is 299 g/mol. The van der Waals surface area contributed by atoms with Gasteiger partial charge in [-0.3, -0.25) is 9.59 Å². The number of nitrogens with one attached hydrogen (secondary N) is 1. The van der Waals surface area contributed by atoms with Crippen LogP contribution in [0.4, 0.5) is 11.4 Å². The standard InChI is InChI=1S/C11H11BrN2O3/c1-14-8(5-9(15)16)11(17)13-7-4-2-3-6(12)10(7)14/h2-4,8H,5H2,1H3,(H,13,17)(H,15,16). The predicted octanol–water partition coefficient (Wildman–Crippen LogP) is 1.68. The number of hydrogen-bond donors (Lipinski definition) is 2. The van der Waals surface area contributed by atoms with Gasteiger partial charge in [-0.05, 0) is 28.1 Å². The molecular formula is C11H11BrN2O3. The van der Waals surface area contributed by atoms with Crippen molar-refractivity contribution in [3.05, 3.63) is 22.7 Å². The van der Waals surface area contributed by atoms with Crippen LogP contribution in [0.2, 0.25) is 0 Å². The highest BCUT2D eigenvalue weighted by Crippen LogP contribution is 2.37. The number of halogens is 1. The summed E-state index contributed by atoms with van der Waals surface area (Å²) in [6.45, 7) is 0. The number of carbonyl (C=O) groups is 2. The fraction of sp³-hybridized carbons (Fsp3) is 0.273. The van der Waals surface area contributed by atoms with Crippen LogP contribution in [0.1, 0.15) is 6.42 Å². The Morgan fingerprint density at radius 3 is 2.94 bits per heavy atom. The first-order valence-electron chi connectivity index (χ1n) is 5.04. The van der Waals surface area contributed by atoms with E-state index in [2.05, 4.69) is 21.2 Å². The number of carbonyl (C=O) groups excluding carboxylic acids is 1. The number of rotatable bonds is 2. The van der Waals surface area contributed by atoms with Gasteiger partial charge in [-0.25, -0.2) is 0 Å². The van der Waals surface area contributed by atoms with E-state index in [1.54, 1.807) is 18.0 Å². The molecule has 0 spiro atoms. The first kappa shape index (κ1) is 11.9. The number of fused-ring (bicyclic) bond motifs is 1. The summed E-state index contributed by atoms with van der Waals surface area (Å²) in [4.78, 5) is 24.2. The Bertz CT molecular complexity index is 490. The van der Waals surface area contributed by atoms with Crippen LogP contribution in [0, 0.1) is 0 Å². The first-order valence-corrected chi connectivity index (χ1v) is 5.84. The van der Waals surface area contributed by atoms with Gasteiger partial charge in [-0.2, -0.15) is 0 Å². The third-order valence-corrected chi connectivity index (χ3v) is 3.38. The van der Waals surface area contributed by atoms with E-state index in [0.29, 0.717) is 5.69 Å². The van der Waals surface area contributed by atoms with Gasteiger partial charge in [0.15, 0.2) is 0 Å². The lowest BCUT2D eigenvalue weighted by molar-refractivity contribution is -0.138. The van der Waals surface area contributed by atoms with Crippen molar-refractivity contribution in [3.63, 3.8) is 0 Å². The van der Waals surface area contributed by atoms with E-state index in [-0.39, 0.29) is 12.3 Å². The quantitative estimate of drug-likeness (QED) is 0.871. The van der Waals surface area contributed by atoms with E-state index >= 15 is 0 Å². The Hall–Kier alpha value is -1.56. The summed E-state index contributed by atoms with van der Waals surface area (Å²) < 4.78 is 0.827. The molecule has 1 heterocycles. The van der Waals surface area contributed by atoms with E-state index in [4.69, 9.17) is 5.11 Å². The van der Waals surface area contributed by atoms with Crippen LogP contribution in [0.3, 0.4) is 0 Å². The molecule has 0 fully saturated rings. The van der Waals surface area contributed by atoms with E-state index in [9.17, 15) is 9.59 Å². The summed E-state index contributed by atoms with van der Waals surface area (Å²) in [6.07, 6.45) is -0.219. The molecule has 0 saturated carbocycles. The van der Waals surface area contributed by atoms with Crippen molar-refractivity contribution in [2.75, 3.05) is 17.3 Å². The number of para-hydroxylation sites is 1. The van der Waals surface area contributed by atoms with Gasteiger partial charge in [0, 0.05) is 11.5 Å². The van der Waals surface area contributed by atoms with Crippen molar-refractivity contribution in [2.24, 2.45) is 0 Å². The lowest BCUT2D eigenvalue weighted by atomic mass is 10.1. The van der Waals surface area contributed by atoms with Gasteiger partial charge in [0.25, 0.3) is 0 Å². The molecule has 2 N–H and O–H groups in total. The highest BCUT2D eigenvalue weighted by molar-refractivity contribution is 9.10. The van der Waals surface area contributed by atoms with Crippen LogP contribution in [-0.2, 0) is 9.59 Å². The molecule has 1 aromatic carbocycles. The SMILES string of the molecule is CN1c2c(Br)cccc2NC(=O)C1CC(=O)O. The minimum Gasteiger partial charge on any atom is -0.481 e. The molecule has 1 aliphatic rings. The molecule has 1 aliphatic heterocycles. The molecule has 0 saturated heterocycles. The van der Waals surface area contributed by atoms with Crippen molar-refractivity contribution in [1.29, 1.82) is 0 Å². The van der Waals surface area contributed by atoms with Crippen LogP contribution < -0.4 is 10.2 Å². The highest BCUT2D eigenvalue weighted by atomic mass is 79.9. The second-order valence-electron chi connectivity index (χ2n) is 3.85. The second kappa shape index (κ2) is 4.37. The summed E-state index contributed by atoms with van der Waals surface area (Å²) in [6, 6.07) is 4.77. The maximum Gasteiger partial charge on any atom is 0.305 e. The zero-order valence-corrected chi connectivity index (χ0v) is 10.7. The van der Waals surface area contributed by atoms with Crippen LogP contribution in [0.25, 0.3) is 0 Å². The fourth-order valence-corrected chi connectivity index (χ4v) is 2.56. The highest BCUT2D eigenvalue weighted by Gasteiger charge is 2.33. The van der Waals surface area contributed by atoms with E-state index < -0.39 is 12.0 Å². The monoisotopic (exact) mass is 298 g/mol.